The Hall–Kier alpha value is -2.14. The third-order valence-electron chi connectivity index (χ3n) is 3.99. The second-order valence-electron chi connectivity index (χ2n) is 7.43. The Kier molecular flexibility index (Phi) is 5.92. The number of carbonyl (C=O) groups is 1. The van der Waals surface area contributed by atoms with Crippen LogP contribution in [0.25, 0.3) is 0 Å². The van der Waals surface area contributed by atoms with Gasteiger partial charge in [-0.05, 0) is 32.4 Å². The molecule has 1 amide bonds. The van der Waals surface area contributed by atoms with E-state index in [1.54, 1.807) is 31.7 Å². The molecule has 0 aromatic heterocycles. The normalized spacial score (nSPS) is 16.3. The zero-order valence-electron chi connectivity index (χ0n) is 15.3. The van der Waals surface area contributed by atoms with Gasteiger partial charge >= 0.3 is 13.1 Å². The Balaban J connectivity index is 1.99. The van der Waals surface area contributed by atoms with Crippen LogP contribution in [0.1, 0.15) is 31.9 Å². The van der Waals surface area contributed by atoms with Crippen molar-refractivity contribution < 1.29 is 22.5 Å². The van der Waals surface area contributed by atoms with Gasteiger partial charge < -0.3 is 22.6 Å². The molecule has 0 radical (unpaired) electrons. The lowest BCUT2D eigenvalue weighted by Crippen LogP contribution is -2.49. The molecule has 2 rings (SSSR count). The summed E-state index contributed by atoms with van der Waals surface area (Å²) in [7, 11) is 0. The molecule has 0 aliphatic carbocycles. The van der Waals surface area contributed by atoms with Crippen molar-refractivity contribution in [1.82, 2.24) is 9.80 Å². The number of carbonyl (C=O) groups excluding carboxylic acids is 1. The summed E-state index contributed by atoms with van der Waals surface area (Å²) in [5, 5.41) is 0. The van der Waals surface area contributed by atoms with Crippen LogP contribution in [-0.2, 0) is 11.3 Å². The Labute approximate surface area is 152 Å². The molecule has 0 unspecified atom stereocenters. The largest absolute Gasteiger partial charge is 0.509 e. The smallest absolute Gasteiger partial charge is 0.445 e. The molecule has 1 aliphatic heterocycles. The predicted octanol–water partition coefficient (Wildman–Crippen LogP) is 2.78. The lowest BCUT2D eigenvalue weighted by molar-refractivity contribution is 0.0139. The summed E-state index contributed by atoms with van der Waals surface area (Å²) >= 11 is 0. The predicted molar refractivity (Wildman–Crippen MR) is 96.2 cm³/mol. The van der Waals surface area contributed by atoms with Gasteiger partial charge in [0.25, 0.3) is 0 Å². The first kappa shape index (κ1) is 20.2. The van der Waals surface area contributed by atoms with Crippen molar-refractivity contribution in [3.05, 3.63) is 29.3 Å². The Morgan fingerprint density at radius 3 is 2.31 bits per heavy atom. The lowest BCUT2D eigenvalue weighted by Gasteiger charge is -2.35. The van der Waals surface area contributed by atoms with Gasteiger partial charge in [-0.15, -0.1) is 11.9 Å². The van der Waals surface area contributed by atoms with Crippen LogP contribution in [0.5, 0.6) is 0 Å². The number of ether oxygens (including phenoxy) is 1. The minimum absolute atomic E-state index is 0.226. The van der Waals surface area contributed by atoms with Crippen LogP contribution in [0.15, 0.2) is 18.2 Å². The van der Waals surface area contributed by atoms with Gasteiger partial charge in [0.15, 0.2) is 0 Å². The number of rotatable bonds is 3. The van der Waals surface area contributed by atoms with Crippen molar-refractivity contribution in [3.63, 3.8) is 0 Å². The zero-order chi connectivity index (χ0) is 19.5. The summed E-state index contributed by atoms with van der Waals surface area (Å²) in [6, 6.07) is 3.76. The van der Waals surface area contributed by atoms with E-state index in [9.17, 15) is 17.7 Å². The third kappa shape index (κ3) is 5.70. The maximum Gasteiger partial charge on any atom is 0.509 e. The van der Waals surface area contributed by atoms with E-state index in [4.69, 9.17) is 11.2 Å². The van der Waals surface area contributed by atoms with Crippen LogP contribution in [0.3, 0.4) is 0 Å². The number of nitrogens with zero attached hydrogens (tertiary/aromatic N) is 2. The van der Waals surface area contributed by atoms with E-state index in [2.05, 4.69) is 5.92 Å². The molecule has 1 aromatic rings. The SMILES string of the molecule is C#Cc1cc(CN2CCN(C(=O)OC(C)(C)C)CC2)cc([B-](F)(F)F)c1. The first-order valence-corrected chi connectivity index (χ1v) is 8.48. The molecule has 26 heavy (non-hydrogen) atoms. The summed E-state index contributed by atoms with van der Waals surface area (Å²) in [5.74, 6) is 2.28. The van der Waals surface area contributed by atoms with Crippen LogP contribution in [0.4, 0.5) is 17.7 Å². The average molecular weight is 367 g/mol. The number of terminal acetylenes is 1. The van der Waals surface area contributed by atoms with Crippen molar-refractivity contribution in [2.45, 2.75) is 32.9 Å². The molecule has 0 N–H and O–H groups in total. The van der Waals surface area contributed by atoms with Gasteiger partial charge in [-0.25, -0.2) is 4.79 Å². The van der Waals surface area contributed by atoms with E-state index < -0.39 is 18.0 Å². The van der Waals surface area contributed by atoms with Crippen molar-refractivity contribution >= 4 is 18.5 Å². The van der Waals surface area contributed by atoms with Crippen molar-refractivity contribution in [2.24, 2.45) is 0 Å². The van der Waals surface area contributed by atoms with Gasteiger partial charge in [-0.2, -0.15) is 0 Å². The number of piperazine rings is 1. The summed E-state index contributed by atoms with van der Waals surface area (Å²) in [6.07, 6.45) is 4.92. The maximum atomic E-state index is 13.1. The molecule has 1 aromatic carbocycles. The van der Waals surface area contributed by atoms with Crippen LogP contribution in [-0.4, -0.2) is 54.7 Å². The molecule has 1 saturated heterocycles. The van der Waals surface area contributed by atoms with E-state index >= 15 is 0 Å². The molecule has 0 spiro atoms. The van der Waals surface area contributed by atoms with Crippen LogP contribution < -0.4 is 5.46 Å². The zero-order valence-corrected chi connectivity index (χ0v) is 15.3. The van der Waals surface area contributed by atoms with E-state index in [-0.39, 0.29) is 11.7 Å². The molecule has 4 nitrogen and oxygen atoms in total. The fourth-order valence-electron chi connectivity index (χ4n) is 2.76. The van der Waals surface area contributed by atoms with Gasteiger partial charge in [-0.1, -0.05) is 18.1 Å². The maximum absolute atomic E-state index is 13.1. The van der Waals surface area contributed by atoms with Crippen LogP contribution in [0.2, 0.25) is 0 Å². The molecular formula is C18H23BF3N2O2-. The summed E-state index contributed by atoms with van der Waals surface area (Å²) in [6.45, 7) is 2.74. The lowest BCUT2D eigenvalue weighted by atomic mass is 9.78. The highest BCUT2D eigenvalue weighted by molar-refractivity contribution is 6.73. The van der Waals surface area contributed by atoms with E-state index in [1.165, 1.54) is 0 Å². The number of hydrogen-bond acceptors (Lipinski definition) is 3. The van der Waals surface area contributed by atoms with Gasteiger partial charge in [0.2, 0.25) is 0 Å². The first-order valence-electron chi connectivity index (χ1n) is 8.48. The quantitative estimate of drug-likeness (QED) is 0.609. The van der Waals surface area contributed by atoms with Gasteiger partial charge in [0.05, 0.1) is 0 Å². The molecule has 8 heteroatoms. The number of benzene rings is 1. The highest BCUT2D eigenvalue weighted by Crippen LogP contribution is 2.16. The molecule has 0 atom stereocenters. The monoisotopic (exact) mass is 367 g/mol. The number of halogens is 3. The summed E-state index contributed by atoms with van der Waals surface area (Å²) < 4.78 is 44.5. The average Bonchev–Trinajstić information content (AvgIpc) is 2.52. The topological polar surface area (TPSA) is 32.8 Å². The highest BCUT2D eigenvalue weighted by Gasteiger charge is 2.28. The minimum Gasteiger partial charge on any atom is -0.445 e. The summed E-state index contributed by atoms with van der Waals surface area (Å²) in [4.78, 5) is 15.7. The Morgan fingerprint density at radius 2 is 1.81 bits per heavy atom. The van der Waals surface area contributed by atoms with Crippen LogP contribution >= 0.6 is 0 Å². The van der Waals surface area contributed by atoms with Gasteiger partial charge in [-0.3, -0.25) is 4.90 Å². The number of amides is 1. The first-order chi connectivity index (χ1) is 12.0. The second-order valence-corrected chi connectivity index (χ2v) is 7.43. The number of hydrogen-bond donors (Lipinski definition) is 0. The molecule has 142 valence electrons. The Bertz CT molecular complexity index is 700. The van der Waals surface area contributed by atoms with E-state index in [0.29, 0.717) is 38.3 Å². The minimum atomic E-state index is -5.10. The summed E-state index contributed by atoms with van der Waals surface area (Å²) in [5.41, 5.74) is -0.480. The third-order valence-corrected chi connectivity index (χ3v) is 3.99. The van der Waals surface area contributed by atoms with Crippen molar-refractivity contribution in [3.8, 4) is 12.3 Å². The molecule has 0 bridgehead atoms. The van der Waals surface area contributed by atoms with Gasteiger partial charge in [0.1, 0.15) is 5.60 Å². The molecule has 1 fully saturated rings. The molecule has 1 heterocycles. The second kappa shape index (κ2) is 7.62. The van der Waals surface area contributed by atoms with Crippen molar-refractivity contribution in [1.29, 1.82) is 0 Å². The van der Waals surface area contributed by atoms with Crippen molar-refractivity contribution in [2.75, 3.05) is 26.2 Å². The van der Waals surface area contributed by atoms with E-state index in [0.717, 1.165) is 12.1 Å². The molecule has 0 saturated carbocycles. The standard InChI is InChI=1S/C18H23BF3N2O2/c1-5-14-10-15(12-16(11-14)19(20,21)22)13-23-6-8-24(9-7-23)17(25)26-18(2,3)4/h1,10-12H,6-9,13H2,2-4H3/q-1. The van der Waals surface area contributed by atoms with Crippen LogP contribution in [0, 0.1) is 12.3 Å². The highest BCUT2D eigenvalue weighted by atomic mass is 19.4. The van der Waals surface area contributed by atoms with Gasteiger partial charge in [0, 0.05) is 38.3 Å². The molecule has 1 aliphatic rings. The Morgan fingerprint density at radius 1 is 1.19 bits per heavy atom. The molecular weight excluding hydrogens is 344 g/mol. The van der Waals surface area contributed by atoms with E-state index in [1.807, 2.05) is 4.90 Å². The fourth-order valence-corrected chi connectivity index (χ4v) is 2.76. The fraction of sp³-hybridized carbons (Fsp3) is 0.500.